The lowest BCUT2D eigenvalue weighted by molar-refractivity contribution is -0.133. The van der Waals surface area contributed by atoms with Gasteiger partial charge in [0.15, 0.2) is 0 Å². The standard InChI is InChI=1S/C21H27N3O3/c1-14-6-7-19(22-12-14)23-20(25)13-24(5)21(26)8-9-27-18-11-15(2)10-16(3)17(18)4/h6-7,10-12H,8-9,13H2,1-5H3,(H,22,23,25). The molecule has 6 nitrogen and oxygen atoms in total. The van der Waals surface area contributed by atoms with Crippen molar-refractivity contribution < 1.29 is 14.3 Å². The molecule has 27 heavy (non-hydrogen) atoms. The smallest absolute Gasteiger partial charge is 0.245 e. The average Bonchev–Trinajstić information content (AvgIpc) is 2.60. The maximum absolute atomic E-state index is 12.2. The van der Waals surface area contributed by atoms with Crippen molar-refractivity contribution in [3.05, 3.63) is 52.7 Å². The van der Waals surface area contributed by atoms with Crippen LogP contribution in [-0.2, 0) is 9.59 Å². The van der Waals surface area contributed by atoms with Crippen LogP contribution >= 0.6 is 0 Å². The van der Waals surface area contributed by atoms with E-state index in [9.17, 15) is 9.59 Å². The number of benzene rings is 1. The molecule has 2 amide bonds. The summed E-state index contributed by atoms with van der Waals surface area (Å²) in [5.74, 6) is 0.837. The number of likely N-dealkylation sites (N-methyl/N-ethyl adjacent to an activating group) is 1. The Morgan fingerprint density at radius 1 is 1.11 bits per heavy atom. The maximum atomic E-state index is 12.2. The highest BCUT2D eigenvalue weighted by atomic mass is 16.5. The summed E-state index contributed by atoms with van der Waals surface area (Å²) in [7, 11) is 1.60. The average molecular weight is 369 g/mol. The minimum atomic E-state index is -0.284. The number of aromatic nitrogens is 1. The second-order valence-electron chi connectivity index (χ2n) is 6.82. The van der Waals surface area contributed by atoms with Gasteiger partial charge in [0.05, 0.1) is 19.6 Å². The van der Waals surface area contributed by atoms with Gasteiger partial charge in [-0.25, -0.2) is 4.98 Å². The van der Waals surface area contributed by atoms with E-state index in [-0.39, 0.29) is 31.4 Å². The summed E-state index contributed by atoms with van der Waals surface area (Å²) < 4.78 is 5.77. The van der Waals surface area contributed by atoms with E-state index < -0.39 is 0 Å². The number of hydrogen-bond donors (Lipinski definition) is 1. The van der Waals surface area contributed by atoms with Gasteiger partial charge in [0.25, 0.3) is 0 Å². The molecule has 0 fully saturated rings. The van der Waals surface area contributed by atoms with Gasteiger partial charge in [-0.1, -0.05) is 12.1 Å². The van der Waals surface area contributed by atoms with Gasteiger partial charge in [-0.2, -0.15) is 0 Å². The van der Waals surface area contributed by atoms with Gasteiger partial charge in [-0.3, -0.25) is 9.59 Å². The van der Waals surface area contributed by atoms with Crippen LogP contribution in [0.1, 0.15) is 28.7 Å². The van der Waals surface area contributed by atoms with Crippen LogP contribution in [0.3, 0.4) is 0 Å². The number of anilines is 1. The third kappa shape index (κ3) is 6.09. The van der Waals surface area contributed by atoms with E-state index in [0.717, 1.165) is 28.0 Å². The summed E-state index contributed by atoms with van der Waals surface area (Å²) in [6.07, 6.45) is 1.88. The van der Waals surface area contributed by atoms with Crippen molar-refractivity contribution in [2.24, 2.45) is 0 Å². The summed E-state index contributed by atoms with van der Waals surface area (Å²) in [4.78, 5) is 29.8. The zero-order valence-electron chi connectivity index (χ0n) is 16.6. The number of ether oxygens (including phenoxy) is 1. The molecule has 0 saturated heterocycles. The largest absolute Gasteiger partial charge is 0.493 e. The van der Waals surface area contributed by atoms with Crippen molar-refractivity contribution in [1.29, 1.82) is 0 Å². The van der Waals surface area contributed by atoms with Gasteiger partial charge in [-0.15, -0.1) is 0 Å². The molecule has 0 aliphatic rings. The zero-order valence-corrected chi connectivity index (χ0v) is 16.6. The van der Waals surface area contributed by atoms with Gasteiger partial charge in [0, 0.05) is 13.2 Å². The minimum Gasteiger partial charge on any atom is -0.493 e. The van der Waals surface area contributed by atoms with Crippen molar-refractivity contribution in [3.8, 4) is 5.75 Å². The van der Waals surface area contributed by atoms with E-state index >= 15 is 0 Å². The van der Waals surface area contributed by atoms with Crippen LogP contribution in [0, 0.1) is 27.7 Å². The van der Waals surface area contributed by atoms with Crippen LogP contribution in [0.15, 0.2) is 30.5 Å². The molecule has 0 aliphatic carbocycles. The Kier molecular flexibility index (Phi) is 6.93. The lowest BCUT2D eigenvalue weighted by Crippen LogP contribution is -2.35. The van der Waals surface area contributed by atoms with Crippen LogP contribution in [0.4, 0.5) is 5.82 Å². The first-order valence-electron chi connectivity index (χ1n) is 8.93. The molecule has 0 spiro atoms. The number of rotatable bonds is 7. The molecule has 1 heterocycles. The van der Waals surface area contributed by atoms with E-state index in [2.05, 4.69) is 16.4 Å². The van der Waals surface area contributed by atoms with Crippen LogP contribution in [-0.4, -0.2) is 41.9 Å². The SMILES string of the molecule is Cc1ccc(NC(=O)CN(C)C(=O)CCOc2cc(C)cc(C)c2C)nc1. The number of carbonyl (C=O) groups excluding carboxylic acids is 2. The predicted octanol–water partition coefficient (Wildman–Crippen LogP) is 3.18. The molecule has 0 radical (unpaired) electrons. The fourth-order valence-corrected chi connectivity index (χ4v) is 2.62. The Hall–Kier alpha value is -2.89. The Morgan fingerprint density at radius 2 is 1.85 bits per heavy atom. The topological polar surface area (TPSA) is 71.5 Å². The Morgan fingerprint density at radius 3 is 2.52 bits per heavy atom. The van der Waals surface area contributed by atoms with Crippen molar-refractivity contribution in [2.45, 2.75) is 34.1 Å². The number of nitrogens with zero attached hydrogens (tertiary/aromatic N) is 2. The van der Waals surface area contributed by atoms with E-state index in [1.165, 1.54) is 4.90 Å². The summed E-state index contributed by atoms with van der Waals surface area (Å²) >= 11 is 0. The Labute approximate surface area is 160 Å². The number of nitrogens with one attached hydrogen (secondary N) is 1. The molecule has 6 heteroatoms. The first-order valence-corrected chi connectivity index (χ1v) is 8.93. The van der Waals surface area contributed by atoms with E-state index in [4.69, 9.17) is 4.74 Å². The molecule has 1 N–H and O–H groups in total. The third-order valence-corrected chi connectivity index (χ3v) is 4.32. The first kappa shape index (κ1) is 20.4. The molecular weight excluding hydrogens is 342 g/mol. The maximum Gasteiger partial charge on any atom is 0.245 e. The van der Waals surface area contributed by atoms with E-state index in [0.29, 0.717) is 5.82 Å². The summed E-state index contributed by atoms with van der Waals surface area (Å²) in [5, 5.41) is 2.68. The molecule has 1 aromatic heterocycles. The molecule has 144 valence electrons. The molecule has 1 aromatic carbocycles. The van der Waals surface area contributed by atoms with Gasteiger partial charge in [0.2, 0.25) is 11.8 Å². The normalized spacial score (nSPS) is 10.4. The summed E-state index contributed by atoms with van der Waals surface area (Å²) in [6.45, 7) is 8.22. The van der Waals surface area contributed by atoms with Crippen molar-refractivity contribution in [2.75, 3.05) is 25.5 Å². The zero-order chi connectivity index (χ0) is 20.0. The molecule has 0 saturated carbocycles. The van der Waals surface area contributed by atoms with E-state index in [1.807, 2.05) is 39.8 Å². The van der Waals surface area contributed by atoms with Gasteiger partial charge < -0.3 is 15.0 Å². The molecule has 0 bridgehead atoms. The second-order valence-corrected chi connectivity index (χ2v) is 6.82. The first-order chi connectivity index (χ1) is 12.8. The molecule has 0 aliphatic heterocycles. The fourth-order valence-electron chi connectivity index (χ4n) is 2.62. The highest BCUT2D eigenvalue weighted by Gasteiger charge is 2.14. The summed E-state index contributed by atoms with van der Waals surface area (Å²) in [5.41, 5.74) is 4.37. The highest BCUT2D eigenvalue weighted by molar-refractivity contribution is 5.93. The molecule has 2 rings (SSSR count). The van der Waals surface area contributed by atoms with Crippen molar-refractivity contribution in [1.82, 2.24) is 9.88 Å². The Bertz CT molecular complexity index is 816. The van der Waals surface area contributed by atoms with Gasteiger partial charge >= 0.3 is 0 Å². The van der Waals surface area contributed by atoms with Crippen molar-refractivity contribution >= 4 is 17.6 Å². The van der Waals surface area contributed by atoms with Crippen molar-refractivity contribution in [3.63, 3.8) is 0 Å². The number of amides is 2. The lowest BCUT2D eigenvalue weighted by atomic mass is 10.1. The third-order valence-electron chi connectivity index (χ3n) is 4.32. The summed E-state index contributed by atoms with van der Waals surface area (Å²) in [6, 6.07) is 7.67. The quantitative estimate of drug-likeness (QED) is 0.814. The Balaban J connectivity index is 1.80. The monoisotopic (exact) mass is 369 g/mol. The number of aryl methyl sites for hydroxylation is 3. The van der Waals surface area contributed by atoms with Gasteiger partial charge in [0.1, 0.15) is 11.6 Å². The number of hydrogen-bond acceptors (Lipinski definition) is 4. The van der Waals surface area contributed by atoms with Crippen LogP contribution in [0.5, 0.6) is 5.75 Å². The molecular formula is C21H27N3O3. The highest BCUT2D eigenvalue weighted by Crippen LogP contribution is 2.23. The minimum absolute atomic E-state index is 0.0308. The predicted molar refractivity (Wildman–Crippen MR) is 106 cm³/mol. The lowest BCUT2D eigenvalue weighted by Gasteiger charge is -2.17. The van der Waals surface area contributed by atoms with Crippen LogP contribution in [0.25, 0.3) is 0 Å². The second kappa shape index (κ2) is 9.16. The molecule has 0 atom stereocenters. The van der Waals surface area contributed by atoms with Crippen LogP contribution < -0.4 is 10.1 Å². The number of carbonyl (C=O) groups is 2. The fraction of sp³-hybridized carbons (Fsp3) is 0.381. The molecule has 2 aromatic rings. The van der Waals surface area contributed by atoms with E-state index in [1.54, 1.807) is 19.3 Å². The molecule has 0 unspecified atom stereocenters. The van der Waals surface area contributed by atoms with Crippen LogP contribution in [0.2, 0.25) is 0 Å². The number of pyridine rings is 1. The van der Waals surface area contributed by atoms with Gasteiger partial charge in [-0.05, 0) is 62.1 Å².